The van der Waals surface area contributed by atoms with Gasteiger partial charge in [-0.2, -0.15) is 5.10 Å². The normalized spacial score (nSPS) is 16.5. The summed E-state index contributed by atoms with van der Waals surface area (Å²) in [5, 5.41) is 4.53. The second-order valence-electron chi connectivity index (χ2n) is 12.9. The van der Waals surface area contributed by atoms with Gasteiger partial charge in [0.1, 0.15) is 11.4 Å². The molecule has 2 aliphatic rings. The fraction of sp³-hybridized carbons (Fsp3) is 0.441. The summed E-state index contributed by atoms with van der Waals surface area (Å²) in [7, 11) is 1.71. The van der Waals surface area contributed by atoms with Crippen LogP contribution >= 0.6 is 0 Å². The number of aromatic nitrogens is 4. The molecule has 3 aromatic heterocycles. The molecule has 0 bridgehead atoms. The molecule has 0 unspecified atom stereocenters. The number of hydrogen-bond acceptors (Lipinski definition) is 8. The Morgan fingerprint density at radius 2 is 1.79 bits per heavy atom. The molecule has 1 aliphatic heterocycles. The van der Waals surface area contributed by atoms with Gasteiger partial charge in [-0.1, -0.05) is 36.8 Å². The van der Waals surface area contributed by atoms with Crippen molar-refractivity contribution < 1.29 is 19.1 Å². The summed E-state index contributed by atoms with van der Waals surface area (Å²) in [6.45, 7) is 7.08. The zero-order valence-electron chi connectivity index (χ0n) is 25.4. The number of rotatable bonds is 10. The first-order valence-electron chi connectivity index (χ1n) is 15.1. The first-order chi connectivity index (χ1) is 20.6. The SMILES string of the molecule is COC1CN(c2cc(C(=O)CCC3(CC(=O)OC(C)(C)C)CCC3)cc(-c3cnn4ccc(-c5ccccc5)nc34)n2)C1. The van der Waals surface area contributed by atoms with E-state index in [9.17, 15) is 9.59 Å². The maximum Gasteiger partial charge on any atom is 0.306 e. The number of fused-ring (bicyclic) bond motifs is 1. The largest absolute Gasteiger partial charge is 0.460 e. The van der Waals surface area contributed by atoms with Gasteiger partial charge in [0.25, 0.3) is 0 Å². The van der Waals surface area contributed by atoms with Crippen molar-refractivity contribution in [2.24, 2.45) is 5.41 Å². The molecule has 1 aromatic carbocycles. The monoisotopic (exact) mass is 581 g/mol. The third kappa shape index (κ3) is 6.32. The van der Waals surface area contributed by atoms with Gasteiger partial charge in [0.15, 0.2) is 11.4 Å². The molecule has 0 radical (unpaired) electrons. The fourth-order valence-corrected chi connectivity index (χ4v) is 5.97. The third-order valence-corrected chi connectivity index (χ3v) is 8.59. The lowest BCUT2D eigenvalue weighted by molar-refractivity contribution is -0.159. The van der Waals surface area contributed by atoms with Crippen molar-refractivity contribution in [3.05, 3.63) is 66.5 Å². The van der Waals surface area contributed by atoms with E-state index in [2.05, 4.69) is 10.00 Å². The molecule has 1 saturated carbocycles. The Balaban J connectivity index is 1.28. The van der Waals surface area contributed by atoms with Gasteiger partial charge in [-0.25, -0.2) is 14.5 Å². The van der Waals surface area contributed by atoms with Crippen LogP contribution in [0.4, 0.5) is 5.82 Å². The van der Waals surface area contributed by atoms with E-state index < -0.39 is 5.60 Å². The summed E-state index contributed by atoms with van der Waals surface area (Å²) in [4.78, 5) is 38.4. The molecule has 1 aliphatic carbocycles. The summed E-state index contributed by atoms with van der Waals surface area (Å²) in [5.41, 5.74) is 3.86. The molecular formula is C34H39N5O4. The molecule has 9 nitrogen and oxygen atoms in total. The molecule has 6 rings (SSSR count). The predicted octanol–water partition coefficient (Wildman–Crippen LogP) is 6.16. The van der Waals surface area contributed by atoms with Crippen LogP contribution in [-0.2, 0) is 14.3 Å². The second kappa shape index (κ2) is 11.5. The van der Waals surface area contributed by atoms with E-state index in [0.29, 0.717) is 49.3 Å². The number of anilines is 1. The number of nitrogens with zero attached hydrogens (tertiary/aromatic N) is 5. The Labute approximate surface area is 252 Å². The molecular weight excluding hydrogens is 542 g/mol. The first kappa shape index (κ1) is 29.0. The molecule has 0 N–H and O–H groups in total. The number of ketones is 1. The van der Waals surface area contributed by atoms with Crippen molar-refractivity contribution in [1.29, 1.82) is 0 Å². The zero-order chi connectivity index (χ0) is 30.2. The van der Waals surface area contributed by atoms with E-state index in [1.807, 2.05) is 75.5 Å². The third-order valence-electron chi connectivity index (χ3n) is 8.59. The van der Waals surface area contributed by atoms with Gasteiger partial charge in [-0.05, 0) is 63.6 Å². The van der Waals surface area contributed by atoms with E-state index in [1.54, 1.807) is 17.8 Å². The molecule has 43 heavy (non-hydrogen) atoms. The summed E-state index contributed by atoms with van der Waals surface area (Å²) in [6, 6.07) is 15.7. The minimum Gasteiger partial charge on any atom is -0.460 e. The van der Waals surface area contributed by atoms with Crippen LogP contribution in [0.25, 0.3) is 28.2 Å². The van der Waals surface area contributed by atoms with Gasteiger partial charge in [-0.15, -0.1) is 0 Å². The zero-order valence-corrected chi connectivity index (χ0v) is 25.4. The van der Waals surface area contributed by atoms with Crippen LogP contribution in [-0.4, -0.2) is 63.2 Å². The van der Waals surface area contributed by atoms with E-state index in [1.165, 1.54) is 0 Å². The summed E-state index contributed by atoms with van der Waals surface area (Å²) in [6.07, 6.45) is 8.12. The number of ether oxygens (including phenoxy) is 2. The Morgan fingerprint density at radius 3 is 2.47 bits per heavy atom. The lowest BCUT2D eigenvalue weighted by atomic mass is 9.64. The summed E-state index contributed by atoms with van der Waals surface area (Å²) in [5.74, 6) is 0.590. The molecule has 0 spiro atoms. The molecule has 4 heterocycles. The van der Waals surface area contributed by atoms with Crippen molar-refractivity contribution in [2.45, 2.75) is 71.0 Å². The number of esters is 1. The van der Waals surface area contributed by atoms with Gasteiger partial charge in [-0.3, -0.25) is 9.59 Å². The van der Waals surface area contributed by atoms with Gasteiger partial charge < -0.3 is 14.4 Å². The van der Waals surface area contributed by atoms with Crippen molar-refractivity contribution >= 4 is 23.2 Å². The van der Waals surface area contributed by atoms with Gasteiger partial charge >= 0.3 is 5.97 Å². The Hall–Kier alpha value is -4.11. The second-order valence-corrected chi connectivity index (χ2v) is 12.9. The minimum atomic E-state index is -0.519. The predicted molar refractivity (Wildman–Crippen MR) is 165 cm³/mol. The van der Waals surface area contributed by atoms with Crippen molar-refractivity contribution in [3.63, 3.8) is 0 Å². The van der Waals surface area contributed by atoms with Gasteiger partial charge in [0.05, 0.1) is 35.7 Å². The number of hydrogen-bond donors (Lipinski definition) is 0. The van der Waals surface area contributed by atoms with Crippen molar-refractivity contribution in [3.8, 4) is 22.5 Å². The van der Waals surface area contributed by atoms with E-state index in [4.69, 9.17) is 19.4 Å². The molecule has 4 aromatic rings. The highest BCUT2D eigenvalue weighted by molar-refractivity contribution is 5.98. The molecule has 0 atom stereocenters. The molecule has 2 fully saturated rings. The van der Waals surface area contributed by atoms with Crippen LogP contribution in [0.15, 0.2) is 60.9 Å². The standard InChI is InChI=1S/C34H39N5O4/c1-33(2,3)43-31(41)19-34(13-8-14-34)15-11-29(40)24-17-28(36-30(18-24)38-21-25(22-38)42-4)26-20-35-39-16-12-27(37-32(26)39)23-9-6-5-7-10-23/h5-7,9-10,12,16-18,20,25H,8,11,13-15,19,21-22H2,1-4H3. The average molecular weight is 582 g/mol. The quantitative estimate of drug-likeness (QED) is 0.162. The first-order valence-corrected chi connectivity index (χ1v) is 15.1. The lowest BCUT2D eigenvalue weighted by Crippen LogP contribution is -2.52. The molecule has 9 heteroatoms. The Bertz CT molecular complexity index is 1630. The maximum atomic E-state index is 13.7. The van der Waals surface area contributed by atoms with Crippen LogP contribution in [0, 0.1) is 5.41 Å². The number of methoxy groups -OCH3 is 1. The van der Waals surface area contributed by atoms with Crippen LogP contribution in [0.2, 0.25) is 0 Å². The maximum absolute atomic E-state index is 13.7. The Kier molecular flexibility index (Phi) is 7.77. The highest BCUT2D eigenvalue weighted by Gasteiger charge is 2.40. The van der Waals surface area contributed by atoms with E-state index in [-0.39, 0.29) is 23.3 Å². The lowest BCUT2D eigenvalue weighted by Gasteiger charge is -2.41. The number of carbonyl (C=O) groups is 2. The van der Waals surface area contributed by atoms with Crippen molar-refractivity contribution in [2.75, 3.05) is 25.1 Å². The van der Waals surface area contributed by atoms with Crippen LogP contribution in [0.3, 0.4) is 0 Å². The van der Waals surface area contributed by atoms with E-state index in [0.717, 1.165) is 41.9 Å². The average Bonchev–Trinajstić information content (AvgIpc) is 3.36. The Morgan fingerprint density at radius 1 is 1.02 bits per heavy atom. The van der Waals surface area contributed by atoms with Gasteiger partial charge in [0, 0.05) is 43.9 Å². The number of pyridine rings is 1. The molecule has 224 valence electrons. The highest BCUT2D eigenvalue weighted by atomic mass is 16.6. The minimum absolute atomic E-state index is 0.0404. The summed E-state index contributed by atoms with van der Waals surface area (Å²) < 4.78 is 12.8. The number of carbonyl (C=O) groups excluding carboxylic acids is 2. The smallest absolute Gasteiger partial charge is 0.306 e. The van der Waals surface area contributed by atoms with E-state index >= 15 is 0 Å². The van der Waals surface area contributed by atoms with Gasteiger partial charge in [0.2, 0.25) is 0 Å². The topological polar surface area (TPSA) is 98.9 Å². The summed E-state index contributed by atoms with van der Waals surface area (Å²) >= 11 is 0. The number of Topliss-reactive ketones (excluding diaryl/α,β-unsaturated/α-hetero) is 1. The number of benzene rings is 1. The highest BCUT2D eigenvalue weighted by Crippen LogP contribution is 2.48. The molecule has 0 amide bonds. The fourth-order valence-electron chi connectivity index (χ4n) is 5.97. The van der Waals surface area contributed by atoms with Crippen LogP contribution < -0.4 is 4.90 Å². The molecule has 1 saturated heterocycles. The van der Waals surface area contributed by atoms with Crippen LogP contribution in [0.1, 0.15) is 69.7 Å². The van der Waals surface area contributed by atoms with Crippen LogP contribution in [0.5, 0.6) is 0 Å². The van der Waals surface area contributed by atoms with Crippen molar-refractivity contribution in [1.82, 2.24) is 19.6 Å².